The molecule has 1 aromatic heterocycles. The van der Waals surface area contributed by atoms with E-state index in [2.05, 4.69) is 32.6 Å². The van der Waals surface area contributed by atoms with Gasteiger partial charge in [-0.3, -0.25) is 4.90 Å². The first-order chi connectivity index (χ1) is 12.4. The Morgan fingerprint density at radius 2 is 1.65 bits per heavy atom. The van der Waals surface area contributed by atoms with Crippen molar-refractivity contribution in [3.8, 4) is 5.75 Å². The molecule has 1 aliphatic rings. The zero-order valence-electron chi connectivity index (χ0n) is 16.5. The van der Waals surface area contributed by atoms with Crippen molar-refractivity contribution in [2.45, 2.75) is 59.9 Å². The molecule has 1 aliphatic carbocycles. The Morgan fingerprint density at radius 1 is 1.04 bits per heavy atom. The van der Waals surface area contributed by atoms with Crippen LogP contribution in [0.25, 0.3) is 11.0 Å². The maximum absolute atomic E-state index is 12.5. The zero-order valence-corrected chi connectivity index (χ0v) is 16.5. The third-order valence-electron chi connectivity index (χ3n) is 5.10. The fourth-order valence-electron chi connectivity index (χ4n) is 4.17. The van der Waals surface area contributed by atoms with E-state index in [1.165, 1.54) is 0 Å². The maximum atomic E-state index is 12.5. The summed E-state index contributed by atoms with van der Waals surface area (Å²) in [5.41, 5.74) is 3.06. The van der Waals surface area contributed by atoms with Crippen LogP contribution in [0.1, 0.15) is 57.2 Å². The van der Waals surface area contributed by atoms with Crippen LogP contribution in [-0.4, -0.2) is 23.1 Å². The second-order valence-corrected chi connectivity index (χ2v) is 8.48. The molecule has 0 saturated heterocycles. The Kier molecular flexibility index (Phi) is 5.71. The summed E-state index contributed by atoms with van der Waals surface area (Å²) >= 11 is 0. The summed E-state index contributed by atoms with van der Waals surface area (Å²) in [6, 6.07) is 3.67. The highest BCUT2D eigenvalue weighted by Crippen LogP contribution is 2.33. The third-order valence-corrected chi connectivity index (χ3v) is 5.10. The van der Waals surface area contributed by atoms with Crippen LogP contribution in [0.2, 0.25) is 0 Å². The quantitative estimate of drug-likeness (QED) is 0.774. The van der Waals surface area contributed by atoms with Gasteiger partial charge in [0.1, 0.15) is 11.3 Å². The lowest BCUT2D eigenvalue weighted by Gasteiger charge is -2.27. The number of fused-ring (bicyclic) bond motifs is 3. The molecule has 0 saturated carbocycles. The van der Waals surface area contributed by atoms with Gasteiger partial charge in [-0.15, -0.1) is 0 Å². The van der Waals surface area contributed by atoms with E-state index >= 15 is 0 Å². The molecule has 0 spiro atoms. The lowest BCUT2D eigenvalue weighted by atomic mass is 9.90. The van der Waals surface area contributed by atoms with Gasteiger partial charge in [-0.1, -0.05) is 27.7 Å². The molecule has 1 aromatic carbocycles. The lowest BCUT2D eigenvalue weighted by molar-refractivity contribution is 0.209. The molecule has 0 radical (unpaired) electrons. The highest BCUT2D eigenvalue weighted by Gasteiger charge is 2.22. The van der Waals surface area contributed by atoms with Gasteiger partial charge in [0.25, 0.3) is 0 Å². The predicted molar refractivity (Wildman–Crippen MR) is 106 cm³/mol. The monoisotopic (exact) mass is 357 g/mol. The predicted octanol–water partition coefficient (Wildman–Crippen LogP) is 4.49. The smallest absolute Gasteiger partial charge is 0.339 e. The first-order valence-electron chi connectivity index (χ1n) is 9.88. The second kappa shape index (κ2) is 7.83. The Balaban J connectivity index is 2.08. The molecule has 0 atom stereocenters. The summed E-state index contributed by atoms with van der Waals surface area (Å²) in [7, 11) is 0. The van der Waals surface area contributed by atoms with E-state index < -0.39 is 0 Å². The average Bonchev–Trinajstić information content (AvgIpc) is 2.57. The van der Waals surface area contributed by atoms with Crippen molar-refractivity contribution in [2.75, 3.05) is 13.1 Å². The molecule has 4 heteroatoms. The minimum Gasteiger partial charge on any atom is -0.507 e. The number of hydrogen-bond donors (Lipinski definition) is 1. The number of phenolic OH excluding ortho intramolecular Hbond substituents is 1. The molecule has 0 unspecified atom stereocenters. The first-order valence-corrected chi connectivity index (χ1v) is 9.88. The summed E-state index contributed by atoms with van der Waals surface area (Å²) < 4.78 is 5.74. The van der Waals surface area contributed by atoms with Crippen LogP contribution >= 0.6 is 0 Å². The highest BCUT2D eigenvalue weighted by molar-refractivity contribution is 5.86. The van der Waals surface area contributed by atoms with E-state index in [1.807, 2.05) is 6.07 Å². The third kappa shape index (κ3) is 3.96. The molecule has 142 valence electrons. The largest absolute Gasteiger partial charge is 0.507 e. The molecule has 0 amide bonds. The van der Waals surface area contributed by atoms with Gasteiger partial charge in [-0.2, -0.15) is 0 Å². The second-order valence-electron chi connectivity index (χ2n) is 8.48. The van der Waals surface area contributed by atoms with Crippen LogP contribution in [0, 0.1) is 11.8 Å². The van der Waals surface area contributed by atoms with Crippen LogP contribution < -0.4 is 5.63 Å². The Labute approximate surface area is 155 Å². The number of benzene rings is 1. The normalized spacial score (nSPS) is 14.6. The first kappa shape index (κ1) is 19.0. The summed E-state index contributed by atoms with van der Waals surface area (Å²) in [5, 5.41) is 11.5. The van der Waals surface area contributed by atoms with Crippen LogP contribution in [-0.2, 0) is 19.4 Å². The molecule has 1 N–H and O–H groups in total. The van der Waals surface area contributed by atoms with Gasteiger partial charge in [0.15, 0.2) is 0 Å². The topological polar surface area (TPSA) is 53.7 Å². The molecule has 1 heterocycles. The van der Waals surface area contributed by atoms with Crippen molar-refractivity contribution >= 4 is 11.0 Å². The zero-order chi connectivity index (χ0) is 18.8. The Hall–Kier alpha value is -1.81. The maximum Gasteiger partial charge on any atom is 0.339 e. The minimum atomic E-state index is -0.224. The highest BCUT2D eigenvalue weighted by atomic mass is 16.4. The summed E-state index contributed by atoms with van der Waals surface area (Å²) in [6.45, 7) is 11.3. The van der Waals surface area contributed by atoms with Crippen molar-refractivity contribution < 1.29 is 9.52 Å². The molecule has 4 nitrogen and oxygen atoms in total. The molecule has 0 aliphatic heterocycles. The van der Waals surface area contributed by atoms with Gasteiger partial charge >= 0.3 is 5.63 Å². The Bertz CT molecular complexity index is 825. The van der Waals surface area contributed by atoms with Crippen molar-refractivity contribution in [1.29, 1.82) is 0 Å². The van der Waals surface area contributed by atoms with E-state index in [0.29, 0.717) is 24.0 Å². The number of aryl methyl sites for hydroxylation is 1. The lowest BCUT2D eigenvalue weighted by Crippen LogP contribution is -2.31. The Morgan fingerprint density at radius 3 is 2.27 bits per heavy atom. The van der Waals surface area contributed by atoms with E-state index in [9.17, 15) is 9.90 Å². The van der Waals surface area contributed by atoms with E-state index in [1.54, 1.807) is 6.07 Å². The van der Waals surface area contributed by atoms with Crippen molar-refractivity contribution in [1.82, 2.24) is 4.90 Å². The summed E-state index contributed by atoms with van der Waals surface area (Å²) in [4.78, 5) is 14.9. The molecule has 26 heavy (non-hydrogen) atoms. The summed E-state index contributed by atoms with van der Waals surface area (Å²) in [5.74, 6) is 1.28. The number of rotatable bonds is 6. The van der Waals surface area contributed by atoms with Gasteiger partial charge < -0.3 is 9.52 Å². The standard InChI is InChI=1S/C22H31NO3/c1-14(2)11-23(12-15(3)4)13-19-20(24)10-9-17-16-7-5-6-8-18(16)22(25)26-21(17)19/h9-10,14-15,24H,5-8,11-13H2,1-4H3. The number of phenols is 1. The van der Waals surface area contributed by atoms with E-state index in [4.69, 9.17) is 4.42 Å². The van der Waals surface area contributed by atoms with Crippen LogP contribution in [0.4, 0.5) is 0 Å². The molecular formula is C22H31NO3. The molecule has 3 rings (SSSR count). The van der Waals surface area contributed by atoms with E-state index in [0.717, 1.165) is 60.8 Å². The van der Waals surface area contributed by atoms with Gasteiger partial charge in [-0.25, -0.2) is 4.79 Å². The average molecular weight is 357 g/mol. The fraction of sp³-hybridized carbons (Fsp3) is 0.591. The minimum absolute atomic E-state index is 0.217. The van der Waals surface area contributed by atoms with Crippen LogP contribution in [0.15, 0.2) is 21.3 Å². The van der Waals surface area contributed by atoms with Crippen molar-refractivity contribution in [3.05, 3.63) is 39.2 Å². The van der Waals surface area contributed by atoms with Crippen LogP contribution in [0.5, 0.6) is 5.75 Å². The van der Waals surface area contributed by atoms with Crippen LogP contribution in [0.3, 0.4) is 0 Å². The van der Waals surface area contributed by atoms with Gasteiger partial charge in [0.05, 0.1) is 5.56 Å². The van der Waals surface area contributed by atoms with Crippen molar-refractivity contribution in [3.63, 3.8) is 0 Å². The molecule has 0 bridgehead atoms. The van der Waals surface area contributed by atoms with E-state index in [-0.39, 0.29) is 11.4 Å². The SMILES string of the molecule is CC(C)CN(Cc1c(O)ccc2c3c(c(=O)oc12)CCCC3)CC(C)C. The van der Waals surface area contributed by atoms with Gasteiger partial charge in [-0.05, 0) is 55.2 Å². The van der Waals surface area contributed by atoms with Crippen molar-refractivity contribution in [2.24, 2.45) is 11.8 Å². The molecule has 0 fully saturated rings. The number of aromatic hydroxyl groups is 1. The number of nitrogens with zero attached hydrogens (tertiary/aromatic N) is 1. The fourth-order valence-corrected chi connectivity index (χ4v) is 4.17. The molecular weight excluding hydrogens is 326 g/mol. The van der Waals surface area contributed by atoms with Gasteiger partial charge in [0, 0.05) is 30.6 Å². The number of hydrogen-bond acceptors (Lipinski definition) is 4. The summed E-state index contributed by atoms with van der Waals surface area (Å²) in [6.07, 6.45) is 3.87. The van der Waals surface area contributed by atoms with Gasteiger partial charge in [0.2, 0.25) is 0 Å². The molecule has 2 aromatic rings.